The molecule has 3 N–H and O–H groups in total. The lowest BCUT2D eigenvalue weighted by Gasteiger charge is -2.20. The molecule has 0 aliphatic heterocycles. The molecule has 1 aliphatic rings. The fraction of sp³-hybridized carbons (Fsp3) is 0.500. The smallest absolute Gasteiger partial charge is 0.237 e. The lowest BCUT2D eigenvalue weighted by molar-refractivity contribution is -0.122. The van der Waals surface area contributed by atoms with Gasteiger partial charge in [0.1, 0.15) is 0 Å². The van der Waals surface area contributed by atoms with Crippen LogP contribution in [-0.2, 0) is 4.79 Å². The Kier molecular flexibility index (Phi) is 3.93. The van der Waals surface area contributed by atoms with Crippen molar-refractivity contribution in [1.29, 1.82) is 0 Å². The molecule has 0 aromatic heterocycles. The highest BCUT2D eigenvalue weighted by Gasteiger charge is 2.41. The maximum atomic E-state index is 11.8. The third-order valence-electron chi connectivity index (χ3n) is 3.54. The van der Waals surface area contributed by atoms with Crippen LogP contribution in [0, 0.1) is 11.8 Å². The van der Waals surface area contributed by atoms with Crippen LogP contribution in [0.4, 0.5) is 0 Å². The summed E-state index contributed by atoms with van der Waals surface area (Å²) in [6.45, 7) is 3.90. The van der Waals surface area contributed by atoms with E-state index in [1.165, 1.54) is 0 Å². The van der Waals surface area contributed by atoms with Gasteiger partial charge in [0.25, 0.3) is 0 Å². The minimum absolute atomic E-state index is 0.0516. The predicted molar refractivity (Wildman–Crippen MR) is 73.3 cm³/mol. The van der Waals surface area contributed by atoms with Crippen molar-refractivity contribution in [3.63, 3.8) is 0 Å². The average Bonchev–Trinajstić information content (AvgIpc) is 3.04. The predicted octanol–water partition coefficient (Wildman–Crippen LogP) is 2.50. The van der Waals surface area contributed by atoms with E-state index in [0.29, 0.717) is 16.9 Å². The Hall–Kier alpha value is -1.06. The molecule has 1 aliphatic carbocycles. The minimum atomic E-state index is -0.478. The summed E-state index contributed by atoms with van der Waals surface area (Å²) in [6.07, 6.45) is 1.15. The zero-order chi connectivity index (χ0) is 13.3. The highest BCUT2D eigenvalue weighted by molar-refractivity contribution is 6.30. The van der Waals surface area contributed by atoms with Gasteiger partial charge in [0.15, 0.2) is 0 Å². The molecule has 0 bridgehead atoms. The van der Waals surface area contributed by atoms with Gasteiger partial charge in [-0.3, -0.25) is 4.79 Å². The molecule has 0 radical (unpaired) electrons. The van der Waals surface area contributed by atoms with Crippen LogP contribution in [0.2, 0.25) is 5.02 Å². The molecule has 0 spiro atoms. The molecule has 4 heteroatoms. The highest BCUT2D eigenvalue weighted by Crippen LogP contribution is 2.47. The Bertz CT molecular complexity index is 430. The third kappa shape index (κ3) is 3.03. The molecule has 1 saturated carbocycles. The summed E-state index contributed by atoms with van der Waals surface area (Å²) in [4.78, 5) is 11.8. The van der Waals surface area contributed by atoms with E-state index < -0.39 is 6.04 Å². The number of nitrogens with one attached hydrogen (secondary N) is 1. The van der Waals surface area contributed by atoms with Crippen molar-refractivity contribution in [1.82, 2.24) is 5.32 Å². The van der Waals surface area contributed by atoms with Crippen molar-refractivity contribution in [3.8, 4) is 0 Å². The van der Waals surface area contributed by atoms with Crippen LogP contribution in [0.15, 0.2) is 24.3 Å². The van der Waals surface area contributed by atoms with Crippen molar-refractivity contribution in [2.24, 2.45) is 17.6 Å². The molecule has 18 heavy (non-hydrogen) atoms. The molecule has 0 saturated heterocycles. The molecule has 1 aromatic carbocycles. The first kappa shape index (κ1) is 13.4. The average molecular weight is 267 g/mol. The Labute approximate surface area is 113 Å². The molecule has 4 atom stereocenters. The first-order valence-electron chi connectivity index (χ1n) is 6.30. The Morgan fingerprint density at radius 1 is 1.44 bits per heavy atom. The van der Waals surface area contributed by atoms with Gasteiger partial charge < -0.3 is 11.1 Å². The van der Waals surface area contributed by atoms with E-state index in [-0.39, 0.29) is 11.9 Å². The monoisotopic (exact) mass is 266 g/mol. The fourth-order valence-electron chi connectivity index (χ4n) is 2.21. The Balaban J connectivity index is 2.15. The minimum Gasteiger partial charge on any atom is -0.348 e. The van der Waals surface area contributed by atoms with Crippen LogP contribution in [0.1, 0.15) is 31.9 Å². The summed E-state index contributed by atoms with van der Waals surface area (Å²) in [5.41, 5.74) is 6.71. The molecule has 1 amide bonds. The van der Waals surface area contributed by atoms with E-state index in [4.69, 9.17) is 17.3 Å². The molecule has 98 valence electrons. The molecule has 1 aromatic rings. The molecule has 0 heterocycles. The fourth-order valence-corrected chi connectivity index (χ4v) is 2.33. The summed E-state index contributed by atoms with van der Waals surface area (Å²) in [6, 6.07) is 7.23. The number of amides is 1. The van der Waals surface area contributed by atoms with Crippen LogP contribution in [-0.4, -0.2) is 11.9 Å². The normalized spacial score (nSPS) is 25.3. The summed E-state index contributed by atoms with van der Waals surface area (Å²) in [7, 11) is 0. The number of nitrogens with two attached hydrogens (primary N) is 1. The van der Waals surface area contributed by atoms with Gasteiger partial charge in [-0.25, -0.2) is 0 Å². The first-order valence-corrected chi connectivity index (χ1v) is 6.68. The standard InChI is InChI=1S/C14H19ClN2O/c1-8-7-12(8)13(17-14(18)9(2)16)10-3-5-11(15)6-4-10/h3-6,8-9,12-13H,7,16H2,1-2H3,(H,17,18)/t8?,9-,12?,13?/m1/s1. The number of rotatable bonds is 4. The topological polar surface area (TPSA) is 55.1 Å². The second-order valence-electron chi connectivity index (χ2n) is 5.20. The lowest BCUT2D eigenvalue weighted by atomic mass is 10.0. The molecule has 1 fully saturated rings. The molecule has 3 nitrogen and oxygen atoms in total. The summed E-state index contributed by atoms with van der Waals surface area (Å²) >= 11 is 5.89. The van der Waals surface area contributed by atoms with Gasteiger partial charge in [0, 0.05) is 5.02 Å². The summed E-state index contributed by atoms with van der Waals surface area (Å²) in [5.74, 6) is 1.06. The van der Waals surface area contributed by atoms with Crippen LogP contribution in [0.3, 0.4) is 0 Å². The van der Waals surface area contributed by atoms with E-state index in [2.05, 4.69) is 12.2 Å². The van der Waals surface area contributed by atoms with Crippen LogP contribution < -0.4 is 11.1 Å². The van der Waals surface area contributed by atoms with Crippen molar-refractivity contribution >= 4 is 17.5 Å². The molecular weight excluding hydrogens is 248 g/mol. The number of hydrogen-bond acceptors (Lipinski definition) is 2. The number of halogens is 1. The van der Waals surface area contributed by atoms with Gasteiger partial charge in [-0.05, 0) is 42.9 Å². The van der Waals surface area contributed by atoms with Crippen LogP contribution >= 0.6 is 11.6 Å². The summed E-state index contributed by atoms with van der Waals surface area (Å²) in [5, 5.41) is 3.75. The van der Waals surface area contributed by atoms with Gasteiger partial charge >= 0.3 is 0 Å². The largest absolute Gasteiger partial charge is 0.348 e. The van der Waals surface area contributed by atoms with Crippen LogP contribution in [0.5, 0.6) is 0 Å². The lowest BCUT2D eigenvalue weighted by Crippen LogP contribution is -2.41. The molecule has 3 unspecified atom stereocenters. The summed E-state index contributed by atoms with van der Waals surface area (Å²) < 4.78 is 0. The second kappa shape index (κ2) is 5.29. The maximum Gasteiger partial charge on any atom is 0.237 e. The Morgan fingerprint density at radius 2 is 2.00 bits per heavy atom. The van der Waals surface area contributed by atoms with Crippen molar-refractivity contribution in [3.05, 3.63) is 34.9 Å². The van der Waals surface area contributed by atoms with Gasteiger partial charge in [0.05, 0.1) is 12.1 Å². The van der Waals surface area contributed by atoms with Crippen LogP contribution in [0.25, 0.3) is 0 Å². The Morgan fingerprint density at radius 3 is 2.44 bits per heavy atom. The van der Waals surface area contributed by atoms with Gasteiger partial charge in [-0.2, -0.15) is 0 Å². The molecule has 2 rings (SSSR count). The number of carbonyl (C=O) groups excluding carboxylic acids is 1. The quantitative estimate of drug-likeness (QED) is 0.880. The highest BCUT2D eigenvalue weighted by atomic mass is 35.5. The van der Waals surface area contributed by atoms with E-state index >= 15 is 0 Å². The van der Waals surface area contributed by atoms with Crippen molar-refractivity contribution < 1.29 is 4.79 Å². The van der Waals surface area contributed by atoms with Crippen molar-refractivity contribution in [2.75, 3.05) is 0 Å². The first-order chi connectivity index (χ1) is 8.49. The second-order valence-corrected chi connectivity index (χ2v) is 5.64. The maximum absolute atomic E-state index is 11.8. The van der Waals surface area contributed by atoms with E-state index in [0.717, 1.165) is 12.0 Å². The van der Waals surface area contributed by atoms with Gasteiger partial charge in [-0.15, -0.1) is 0 Å². The number of hydrogen-bond donors (Lipinski definition) is 2. The van der Waals surface area contributed by atoms with Gasteiger partial charge in [-0.1, -0.05) is 30.7 Å². The number of benzene rings is 1. The SMILES string of the molecule is CC1CC1C(NC(=O)[C@@H](C)N)c1ccc(Cl)cc1. The van der Waals surface area contributed by atoms with Crippen molar-refractivity contribution in [2.45, 2.75) is 32.4 Å². The van der Waals surface area contributed by atoms with E-state index in [1.54, 1.807) is 6.92 Å². The van der Waals surface area contributed by atoms with E-state index in [9.17, 15) is 4.79 Å². The zero-order valence-electron chi connectivity index (χ0n) is 10.7. The number of carbonyl (C=O) groups is 1. The molecular formula is C14H19ClN2O. The zero-order valence-corrected chi connectivity index (χ0v) is 11.4. The third-order valence-corrected chi connectivity index (χ3v) is 3.79. The van der Waals surface area contributed by atoms with E-state index in [1.807, 2.05) is 24.3 Å². The van der Waals surface area contributed by atoms with Gasteiger partial charge in [0.2, 0.25) is 5.91 Å².